The van der Waals surface area contributed by atoms with Crippen LogP contribution in [-0.4, -0.2) is 258 Å². The molecule has 15 unspecified atom stereocenters. The van der Waals surface area contributed by atoms with Crippen molar-refractivity contribution in [1.29, 1.82) is 0 Å². The molecule has 10 bridgehead atoms. The zero-order chi connectivity index (χ0) is 86.1. The van der Waals surface area contributed by atoms with E-state index in [0.29, 0.717) is 32.3 Å². The summed E-state index contributed by atoms with van der Waals surface area (Å²) in [7, 11) is 5.07. The quantitative estimate of drug-likeness (QED) is 0.0556. The van der Waals surface area contributed by atoms with Crippen molar-refractivity contribution in [3.8, 4) is 23.1 Å². The number of methoxy groups -OCH3 is 4. The van der Waals surface area contributed by atoms with Crippen LogP contribution in [0.4, 0.5) is 28.8 Å². The van der Waals surface area contributed by atoms with E-state index >= 15 is 0 Å². The standard InChI is InChI=1S/C13H18BrNO4.C13H19NO5.C13H17NO5.C11H19NO3.C11H17NO3.C9H13NO2.C5H5BrO2.C4H4O2/c1-13(2,3)19-12(17)15-7-5-6-8(15)10(14)9(7)11(16)18-4;2*1-13(2,3)19-12(17)14-7-5-6-8(14)10(15)9(7)11(16)18-4;2*1-11(2,3)15-10(14)12-7-4-5-8(12)9(13)6-7;1-9(2,3)12-8(11)10-6-4-5-7-10;1-2-8-5(7)3-4-6;1-3-4(5)6-2/h5-10H,1-4H3;7-9H,5-6H2,1-4H3;5-9H,1-4H3;7-9,13H,4-6H2,1-3H3;7-8H,4-6H2,1-3H3;4-7H,1-3H3;2H2,1H3;1H,2H3. The number of aliphatic hydroxyl groups is 1. The van der Waals surface area contributed by atoms with Crippen LogP contribution >= 0.6 is 31.9 Å². The second-order valence-electron chi connectivity index (χ2n) is 33.3. The van der Waals surface area contributed by atoms with Crippen LogP contribution in [-0.2, 0) is 90.5 Å². The van der Waals surface area contributed by atoms with E-state index < -0.39 is 112 Å². The minimum absolute atomic E-state index is 0.00940. The molecule has 11 rings (SSSR count). The van der Waals surface area contributed by atoms with Crippen molar-refractivity contribution >= 4 is 116 Å². The Morgan fingerprint density at radius 2 is 0.903 bits per heavy atom. The Kier molecular flexibility index (Phi) is 34.4. The summed E-state index contributed by atoms with van der Waals surface area (Å²) < 4.78 is 55.6. The highest BCUT2D eigenvalue weighted by atomic mass is 79.9. The third kappa shape index (κ3) is 27.1. The van der Waals surface area contributed by atoms with E-state index in [9.17, 15) is 72.2 Å². The number of nitrogens with zero attached hydrogens (tertiary/aromatic N) is 6. The van der Waals surface area contributed by atoms with Crippen LogP contribution in [0.15, 0.2) is 48.8 Å². The maximum Gasteiger partial charge on any atom is 0.418 e. The maximum atomic E-state index is 12.2. The zero-order valence-corrected chi connectivity index (χ0v) is 72.0. The van der Waals surface area contributed by atoms with Crippen LogP contribution in [0.2, 0.25) is 0 Å². The van der Waals surface area contributed by atoms with Gasteiger partial charge in [0, 0.05) is 58.7 Å². The molecule has 628 valence electrons. The lowest BCUT2D eigenvalue weighted by atomic mass is 9.88. The molecule has 0 aliphatic carbocycles. The number of carbonyl (C=O) groups excluding carboxylic acids is 14. The molecule has 8 fully saturated rings. The summed E-state index contributed by atoms with van der Waals surface area (Å²) in [5.74, 6) is -1.23. The highest BCUT2D eigenvalue weighted by Gasteiger charge is 2.60. The van der Waals surface area contributed by atoms with Gasteiger partial charge in [-0.05, 0) is 193 Å². The fraction of sp³-hybridized carbons (Fsp3) is 0.671. The molecular weight excluding hydrogens is 1610 g/mol. The van der Waals surface area contributed by atoms with Crippen LogP contribution in [0.5, 0.6) is 0 Å². The van der Waals surface area contributed by atoms with Crippen molar-refractivity contribution in [3.05, 3.63) is 48.8 Å². The molecule has 0 spiro atoms. The van der Waals surface area contributed by atoms with Gasteiger partial charge in [-0.1, -0.05) is 40.2 Å². The van der Waals surface area contributed by atoms with E-state index in [1.165, 1.54) is 42.8 Å². The Hall–Kier alpha value is -9.02. The fourth-order valence-electron chi connectivity index (χ4n) is 13.7. The minimum Gasteiger partial charge on any atom is -0.469 e. The van der Waals surface area contributed by atoms with Gasteiger partial charge in [0.15, 0.2) is 17.3 Å². The SMILES string of the molecule is C#CC(=O)OC.CC(C)(C)OC(=O)N1C2CCC1C(=O)C2.CC(C)(C)OC(=O)N1C2CCC1C(O)C2.CC(C)(C)OC(=O)n1cccc1.CCOC(=O)C#CBr.COC(=O)C1C(=O)C2C=CC1N2C(=O)OC(C)(C)C.COC(=O)C1C(=O)C2CCC1N2C(=O)OC(C)(C)C.COC(=O)C1C(Br)C2C=CC1N2C(=O)OC(C)(C)C. The minimum atomic E-state index is -0.937. The van der Waals surface area contributed by atoms with Crippen molar-refractivity contribution in [2.45, 2.75) is 288 Å². The largest absolute Gasteiger partial charge is 0.469 e. The number of ketones is 3. The first-order valence-corrected chi connectivity index (χ1v) is 38.6. The second kappa shape index (κ2) is 40.3. The van der Waals surface area contributed by atoms with Crippen molar-refractivity contribution in [3.63, 3.8) is 0 Å². The molecule has 8 saturated heterocycles. The van der Waals surface area contributed by atoms with Gasteiger partial charge in [-0.2, -0.15) is 0 Å². The summed E-state index contributed by atoms with van der Waals surface area (Å²) in [5.41, 5.74) is -3.19. The van der Waals surface area contributed by atoms with Gasteiger partial charge in [0.1, 0.15) is 51.5 Å². The Labute approximate surface area is 678 Å². The Morgan fingerprint density at radius 1 is 0.478 bits per heavy atom. The number of aliphatic hydroxyl groups excluding tert-OH is 1. The van der Waals surface area contributed by atoms with Crippen LogP contribution < -0.4 is 0 Å². The molecule has 10 aliphatic rings. The first kappa shape index (κ1) is 96.3. The van der Waals surface area contributed by atoms with Crippen molar-refractivity contribution in [1.82, 2.24) is 29.1 Å². The van der Waals surface area contributed by atoms with Gasteiger partial charge < -0.3 is 57.2 Å². The molecule has 1 aromatic heterocycles. The molecule has 113 heavy (non-hydrogen) atoms. The number of rotatable bonds is 4. The number of halogens is 2. The first-order valence-electron chi connectivity index (χ1n) is 36.9. The van der Waals surface area contributed by atoms with Crippen molar-refractivity contribution in [2.24, 2.45) is 17.8 Å². The third-order valence-electron chi connectivity index (χ3n) is 17.8. The lowest BCUT2D eigenvalue weighted by Crippen LogP contribution is -2.42. The Bertz CT molecular complexity index is 3750. The van der Waals surface area contributed by atoms with E-state index in [2.05, 4.69) is 68.0 Å². The number of hydrogen-bond donors (Lipinski definition) is 1. The van der Waals surface area contributed by atoms with Gasteiger partial charge in [-0.25, -0.2) is 38.4 Å². The number of terminal acetylenes is 1. The highest BCUT2D eigenvalue weighted by Crippen LogP contribution is 2.45. The van der Waals surface area contributed by atoms with E-state index in [-0.39, 0.29) is 94.7 Å². The van der Waals surface area contributed by atoms with Gasteiger partial charge in [0.25, 0.3) is 0 Å². The van der Waals surface area contributed by atoms with Crippen molar-refractivity contribution < 1.29 is 124 Å². The van der Waals surface area contributed by atoms with Crippen LogP contribution in [0.25, 0.3) is 0 Å². The number of ether oxygens (including phenoxy) is 11. The molecule has 34 heteroatoms. The third-order valence-corrected chi connectivity index (χ3v) is 19.2. The van der Waals surface area contributed by atoms with Gasteiger partial charge in [0.2, 0.25) is 0 Å². The molecule has 0 saturated carbocycles. The molecule has 15 atom stereocenters. The summed E-state index contributed by atoms with van der Waals surface area (Å²) in [5, 5.41) is 9.69. The summed E-state index contributed by atoms with van der Waals surface area (Å²) in [6.07, 6.45) is 18.3. The maximum absolute atomic E-state index is 12.2. The molecule has 11 heterocycles. The number of Topliss-reactive ketones (excluding diaryl/α,β-unsaturated/α-hetero) is 3. The average molecular weight is 1720 g/mol. The summed E-state index contributed by atoms with van der Waals surface area (Å²) in [6, 6.07) is 0.911. The molecule has 32 nitrogen and oxygen atoms in total. The van der Waals surface area contributed by atoms with Crippen LogP contribution in [0, 0.1) is 40.8 Å². The fourth-order valence-corrected chi connectivity index (χ4v) is 14.8. The smallest absolute Gasteiger partial charge is 0.418 e. The predicted molar refractivity (Wildman–Crippen MR) is 414 cm³/mol. The normalized spacial score (nSPS) is 25.8. The average Bonchev–Trinajstić information content (AvgIpc) is 1.63. The molecule has 5 amide bonds. The number of esters is 5. The zero-order valence-electron chi connectivity index (χ0n) is 68.8. The monoisotopic (exact) mass is 1720 g/mol. The number of aromatic nitrogens is 1. The highest BCUT2D eigenvalue weighted by molar-refractivity contribution is 9.12. The van der Waals surface area contributed by atoms with Gasteiger partial charge in [-0.15, -0.1) is 6.42 Å². The number of amides is 5. The molecule has 0 radical (unpaired) electrons. The predicted octanol–water partition coefficient (Wildman–Crippen LogP) is 10.3. The number of alkyl halides is 1. The molecule has 1 aromatic rings. The second-order valence-corrected chi connectivity index (χ2v) is 34.7. The van der Waals surface area contributed by atoms with Crippen LogP contribution in [0.1, 0.15) is 183 Å². The summed E-state index contributed by atoms with van der Waals surface area (Å²) in [6.45, 7) is 34.7. The first-order chi connectivity index (χ1) is 52.1. The number of hydrogen-bond acceptors (Lipinski definition) is 26. The van der Waals surface area contributed by atoms with Gasteiger partial charge in [-0.3, -0.25) is 57.8 Å². The number of fused-ring (bicyclic) bond motifs is 10. The van der Waals surface area contributed by atoms with E-state index in [1.54, 1.807) is 106 Å². The molecule has 0 aromatic carbocycles. The Balaban J connectivity index is 0.000000278. The van der Waals surface area contributed by atoms with Gasteiger partial charge >= 0.3 is 66.4 Å². The van der Waals surface area contributed by atoms with Crippen LogP contribution in [0.3, 0.4) is 0 Å². The lowest BCUT2D eigenvalue weighted by Gasteiger charge is -2.27. The Morgan fingerprint density at radius 3 is 1.31 bits per heavy atom. The summed E-state index contributed by atoms with van der Waals surface area (Å²) in [4.78, 5) is 172. The summed E-state index contributed by atoms with van der Waals surface area (Å²) >= 11 is 6.25. The van der Waals surface area contributed by atoms with E-state index in [0.717, 1.165) is 25.7 Å². The topological polar surface area (TPSA) is 382 Å². The molecular formula is C79H112Br2N6O26. The van der Waals surface area contributed by atoms with Gasteiger partial charge in [0.05, 0.1) is 94.2 Å². The van der Waals surface area contributed by atoms with E-state index in [1.807, 2.05) is 95.2 Å². The van der Waals surface area contributed by atoms with E-state index in [4.69, 9.17) is 33.2 Å². The van der Waals surface area contributed by atoms with Crippen molar-refractivity contribution in [2.75, 3.05) is 35.0 Å². The molecule has 10 aliphatic heterocycles. The molecule has 1 N–H and O–H groups in total. The number of carbonyl (C=O) groups is 14. The lowest BCUT2D eigenvalue weighted by molar-refractivity contribution is -0.150.